The molecule has 0 aliphatic carbocycles. The summed E-state index contributed by atoms with van der Waals surface area (Å²) in [6, 6.07) is 10.9. The summed E-state index contributed by atoms with van der Waals surface area (Å²) < 4.78 is 1.67. The van der Waals surface area contributed by atoms with E-state index in [4.69, 9.17) is 58.6 Å². The number of halogens is 4. The van der Waals surface area contributed by atoms with Gasteiger partial charge in [-0.2, -0.15) is 5.10 Å². The molecule has 9 heteroatoms. The first-order valence-electron chi connectivity index (χ1n) is 7.83. The van der Waals surface area contributed by atoms with Crippen molar-refractivity contribution >= 4 is 75.2 Å². The molecule has 2 aromatic carbocycles. The summed E-state index contributed by atoms with van der Waals surface area (Å²) in [5.74, 6) is 0.442. The second-order valence-electron chi connectivity index (χ2n) is 5.80. The molecule has 140 valence electrons. The van der Waals surface area contributed by atoms with Gasteiger partial charge in [0.25, 0.3) is 0 Å². The minimum absolute atomic E-state index is 0.353. The number of anilines is 2. The van der Waals surface area contributed by atoms with E-state index in [1.165, 1.54) is 0 Å². The van der Waals surface area contributed by atoms with Gasteiger partial charge in [0, 0.05) is 27.0 Å². The maximum absolute atomic E-state index is 6.26. The highest BCUT2D eigenvalue weighted by atomic mass is 35.5. The Balaban J connectivity index is 1.68. The fourth-order valence-electron chi connectivity index (χ4n) is 2.33. The van der Waals surface area contributed by atoms with Gasteiger partial charge in [-0.1, -0.05) is 58.5 Å². The average molecular weight is 460 g/mol. The Morgan fingerprint density at radius 3 is 2.48 bits per heavy atom. The van der Waals surface area contributed by atoms with Crippen LogP contribution in [0.25, 0.3) is 0 Å². The second-order valence-corrected chi connectivity index (χ2v) is 7.87. The quantitative estimate of drug-likeness (QED) is 0.428. The molecule has 0 radical (unpaired) electrons. The van der Waals surface area contributed by atoms with Crippen molar-refractivity contribution in [2.24, 2.45) is 0 Å². The minimum Gasteiger partial charge on any atom is -0.332 e. The Hall–Kier alpha value is -1.50. The standard InChI is InChI=1S/C18H14Cl4N4S/c1-10-2-5-13(7-14(10)20)23-18(27)24-17-16(22)9-26(25-17)8-11-3-4-12(19)6-15(11)21/h2-7,9H,8H2,1H3,(H2,23,24,25,27). The Labute approximate surface area is 182 Å². The largest absolute Gasteiger partial charge is 0.332 e. The van der Waals surface area contributed by atoms with Gasteiger partial charge in [0.15, 0.2) is 10.9 Å². The highest BCUT2D eigenvalue weighted by Gasteiger charge is 2.11. The van der Waals surface area contributed by atoms with E-state index >= 15 is 0 Å². The molecule has 0 atom stereocenters. The van der Waals surface area contributed by atoms with Crippen LogP contribution in [0.1, 0.15) is 11.1 Å². The molecule has 0 fully saturated rings. The van der Waals surface area contributed by atoms with E-state index < -0.39 is 0 Å². The highest BCUT2D eigenvalue weighted by Crippen LogP contribution is 2.25. The zero-order chi connectivity index (χ0) is 19.6. The van der Waals surface area contributed by atoms with Crippen molar-refractivity contribution in [3.63, 3.8) is 0 Å². The highest BCUT2D eigenvalue weighted by molar-refractivity contribution is 7.80. The van der Waals surface area contributed by atoms with Crippen molar-refractivity contribution < 1.29 is 0 Å². The predicted octanol–water partition coefficient (Wildman–Crippen LogP) is 6.66. The number of hydrogen-bond acceptors (Lipinski definition) is 2. The first-order chi connectivity index (χ1) is 12.8. The van der Waals surface area contributed by atoms with Crippen LogP contribution < -0.4 is 10.6 Å². The van der Waals surface area contributed by atoms with Crippen molar-refractivity contribution in [1.29, 1.82) is 0 Å². The lowest BCUT2D eigenvalue weighted by Crippen LogP contribution is -2.19. The molecule has 3 aromatic rings. The summed E-state index contributed by atoms with van der Waals surface area (Å²) in [7, 11) is 0. The molecular weight excluding hydrogens is 446 g/mol. The average Bonchev–Trinajstić information content (AvgIpc) is 2.93. The zero-order valence-electron chi connectivity index (χ0n) is 14.1. The maximum atomic E-state index is 6.26. The van der Waals surface area contributed by atoms with Gasteiger partial charge in [0.2, 0.25) is 0 Å². The lowest BCUT2D eigenvalue weighted by atomic mass is 10.2. The van der Waals surface area contributed by atoms with Crippen LogP contribution in [0.3, 0.4) is 0 Å². The van der Waals surface area contributed by atoms with Crippen LogP contribution in [0, 0.1) is 6.92 Å². The number of nitrogens with one attached hydrogen (secondary N) is 2. The molecule has 0 bridgehead atoms. The monoisotopic (exact) mass is 458 g/mol. The number of thiocarbonyl (C=S) groups is 1. The molecule has 0 aliphatic rings. The van der Waals surface area contributed by atoms with Gasteiger partial charge in [-0.3, -0.25) is 4.68 Å². The van der Waals surface area contributed by atoms with Gasteiger partial charge >= 0.3 is 0 Å². The number of aryl methyl sites for hydroxylation is 1. The van der Waals surface area contributed by atoms with Crippen LogP contribution in [0.5, 0.6) is 0 Å². The normalized spacial score (nSPS) is 10.7. The molecule has 2 N–H and O–H groups in total. The molecule has 0 unspecified atom stereocenters. The van der Waals surface area contributed by atoms with Crippen LogP contribution in [0.2, 0.25) is 20.1 Å². The van der Waals surface area contributed by atoms with Gasteiger partial charge in [-0.15, -0.1) is 0 Å². The zero-order valence-corrected chi connectivity index (χ0v) is 17.9. The van der Waals surface area contributed by atoms with Crippen molar-refractivity contribution in [2.75, 3.05) is 10.6 Å². The molecule has 0 saturated heterocycles. The summed E-state index contributed by atoms with van der Waals surface area (Å²) in [6.45, 7) is 2.38. The van der Waals surface area contributed by atoms with E-state index in [-0.39, 0.29) is 0 Å². The number of benzene rings is 2. The van der Waals surface area contributed by atoms with Gasteiger partial charge in [0.1, 0.15) is 5.02 Å². The Morgan fingerprint density at radius 1 is 1.00 bits per heavy atom. The predicted molar refractivity (Wildman–Crippen MR) is 119 cm³/mol. The summed E-state index contributed by atoms with van der Waals surface area (Å²) in [4.78, 5) is 0. The van der Waals surface area contributed by atoms with Gasteiger partial charge in [-0.25, -0.2) is 0 Å². The van der Waals surface area contributed by atoms with E-state index in [2.05, 4.69) is 15.7 Å². The lowest BCUT2D eigenvalue weighted by molar-refractivity contribution is 0.690. The molecule has 1 aromatic heterocycles. The molecule has 3 rings (SSSR count). The molecule has 1 heterocycles. The van der Waals surface area contributed by atoms with E-state index in [1.807, 2.05) is 25.1 Å². The van der Waals surface area contributed by atoms with E-state index in [0.29, 0.717) is 37.6 Å². The minimum atomic E-state index is 0.353. The van der Waals surface area contributed by atoms with E-state index in [1.54, 1.807) is 29.1 Å². The van der Waals surface area contributed by atoms with Crippen molar-refractivity contribution in [1.82, 2.24) is 9.78 Å². The molecule has 0 aliphatic heterocycles. The summed E-state index contributed by atoms with van der Waals surface area (Å²) in [5.41, 5.74) is 2.64. The van der Waals surface area contributed by atoms with E-state index in [9.17, 15) is 0 Å². The van der Waals surface area contributed by atoms with Crippen molar-refractivity contribution in [3.8, 4) is 0 Å². The topological polar surface area (TPSA) is 41.9 Å². The first kappa shape index (κ1) is 20.2. The Morgan fingerprint density at radius 2 is 1.78 bits per heavy atom. The van der Waals surface area contributed by atoms with Crippen LogP contribution in [-0.2, 0) is 6.54 Å². The third-order valence-electron chi connectivity index (χ3n) is 3.73. The lowest BCUT2D eigenvalue weighted by Gasteiger charge is -2.10. The van der Waals surface area contributed by atoms with Crippen LogP contribution >= 0.6 is 58.6 Å². The Kier molecular flexibility index (Phi) is 6.50. The maximum Gasteiger partial charge on any atom is 0.176 e. The molecule has 27 heavy (non-hydrogen) atoms. The van der Waals surface area contributed by atoms with Crippen LogP contribution in [0.15, 0.2) is 42.6 Å². The summed E-state index contributed by atoms with van der Waals surface area (Å²) >= 11 is 29.8. The number of nitrogens with zero attached hydrogens (tertiary/aromatic N) is 2. The number of rotatable bonds is 4. The number of hydrogen-bond donors (Lipinski definition) is 2. The van der Waals surface area contributed by atoms with E-state index in [0.717, 1.165) is 16.8 Å². The van der Waals surface area contributed by atoms with Crippen molar-refractivity contribution in [3.05, 3.63) is 73.8 Å². The molecule has 0 amide bonds. The summed E-state index contributed by atoms with van der Waals surface area (Å²) in [5, 5.41) is 13.0. The second kappa shape index (κ2) is 8.67. The molecule has 0 spiro atoms. The van der Waals surface area contributed by atoms with Crippen molar-refractivity contribution in [2.45, 2.75) is 13.5 Å². The van der Waals surface area contributed by atoms with Crippen LogP contribution in [0.4, 0.5) is 11.5 Å². The molecule has 4 nitrogen and oxygen atoms in total. The third-order valence-corrected chi connectivity index (χ3v) is 5.20. The fraction of sp³-hybridized carbons (Fsp3) is 0.111. The molecular formula is C18H14Cl4N4S. The van der Waals surface area contributed by atoms with Gasteiger partial charge < -0.3 is 10.6 Å². The van der Waals surface area contributed by atoms with Gasteiger partial charge in [-0.05, 0) is 54.5 Å². The first-order valence-corrected chi connectivity index (χ1v) is 9.75. The third kappa shape index (κ3) is 5.27. The number of aromatic nitrogens is 2. The van der Waals surface area contributed by atoms with Gasteiger partial charge in [0.05, 0.1) is 6.54 Å². The summed E-state index contributed by atoms with van der Waals surface area (Å²) in [6.07, 6.45) is 1.69. The Bertz CT molecular complexity index is 1000. The molecule has 0 saturated carbocycles. The van der Waals surface area contributed by atoms with Crippen LogP contribution in [-0.4, -0.2) is 14.9 Å². The fourth-order valence-corrected chi connectivity index (χ4v) is 3.39. The SMILES string of the molecule is Cc1ccc(NC(=S)Nc2nn(Cc3ccc(Cl)cc3Cl)cc2Cl)cc1Cl. The smallest absolute Gasteiger partial charge is 0.176 e.